The number of aromatic nitrogens is 4. The lowest BCUT2D eigenvalue weighted by molar-refractivity contribution is 0.536. The smallest absolute Gasteiger partial charge is 0.203 e. The third-order valence-electron chi connectivity index (χ3n) is 2.25. The standard InChI is InChI=1S/C11H15N5/c1-2-4-12-11-13-6-8-15(11)9-10-16-7-3-5-14-16/h2-3,5-8H,1,4,9-10H2,(H,12,13). The summed E-state index contributed by atoms with van der Waals surface area (Å²) in [4.78, 5) is 4.23. The van der Waals surface area contributed by atoms with Crippen LogP contribution in [0.3, 0.4) is 0 Å². The summed E-state index contributed by atoms with van der Waals surface area (Å²) in [6.07, 6.45) is 9.29. The van der Waals surface area contributed by atoms with E-state index >= 15 is 0 Å². The molecule has 0 aliphatic heterocycles. The SMILES string of the molecule is C=CCNc1nccn1CCn1cccn1. The van der Waals surface area contributed by atoms with Gasteiger partial charge < -0.3 is 9.88 Å². The minimum atomic E-state index is 0.721. The van der Waals surface area contributed by atoms with Gasteiger partial charge in [-0.05, 0) is 6.07 Å². The van der Waals surface area contributed by atoms with E-state index in [2.05, 4.69) is 26.5 Å². The lowest BCUT2D eigenvalue weighted by Crippen LogP contribution is -2.11. The maximum absolute atomic E-state index is 4.23. The molecular weight excluding hydrogens is 202 g/mol. The summed E-state index contributed by atoms with van der Waals surface area (Å²) < 4.78 is 3.96. The first-order valence-corrected chi connectivity index (χ1v) is 5.23. The summed E-state index contributed by atoms with van der Waals surface area (Å²) in [6.45, 7) is 6.07. The Hall–Kier alpha value is -2.04. The Labute approximate surface area is 94.4 Å². The van der Waals surface area contributed by atoms with E-state index in [1.165, 1.54) is 0 Å². The van der Waals surface area contributed by atoms with Gasteiger partial charge >= 0.3 is 0 Å². The Morgan fingerprint density at radius 1 is 1.31 bits per heavy atom. The first-order valence-electron chi connectivity index (χ1n) is 5.23. The molecule has 16 heavy (non-hydrogen) atoms. The molecule has 84 valence electrons. The second kappa shape index (κ2) is 5.16. The van der Waals surface area contributed by atoms with Crippen LogP contribution in [-0.4, -0.2) is 25.9 Å². The van der Waals surface area contributed by atoms with Crippen molar-refractivity contribution in [2.45, 2.75) is 13.1 Å². The highest BCUT2D eigenvalue weighted by atomic mass is 15.3. The van der Waals surface area contributed by atoms with Crippen molar-refractivity contribution in [3.63, 3.8) is 0 Å². The van der Waals surface area contributed by atoms with E-state index in [0.29, 0.717) is 0 Å². The molecule has 0 unspecified atom stereocenters. The summed E-state index contributed by atoms with van der Waals surface area (Å²) in [5, 5.41) is 7.33. The molecule has 2 rings (SSSR count). The Kier molecular flexibility index (Phi) is 3.38. The van der Waals surface area contributed by atoms with E-state index < -0.39 is 0 Å². The number of anilines is 1. The maximum atomic E-state index is 4.23. The fourth-order valence-corrected chi connectivity index (χ4v) is 1.46. The zero-order valence-corrected chi connectivity index (χ0v) is 9.08. The Bertz CT molecular complexity index is 429. The molecule has 0 aliphatic carbocycles. The van der Waals surface area contributed by atoms with Crippen molar-refractivity contribution in [1.82, 2.24) is 19.3 Å². The van der Waals surface area contributed by atoms with E-state index in [0.717, 1.165) is 25.6 Å². The van der Waals surface area contributed by atoms with Crippen molar-refractivity contribution in [2.75, 3.05) is 11.9 Å². The third kappa shape index (κ3) is 2.50. The average molecular weight is 217 g/mol. The highest BCUT2D eigenvalue weighted by Crippen LogP contribution is 2.04. The van der Waals surface area contributed by atoms with Gasteiger partial charge in [0.05, 0.1) is 6.54 Å². The van der Waals surface area contributed by atoms with Gasteiger partial charge in [0.15, 0.2) is 0 Å². The molecule has 2 heterocycles. The van der Waals surface area contributed by atoms with E-state index in [4.69, 9.17) is 0 Å². The van der Waals surface area contributed by atoms with E-state index in [1.807, 2.05) is 29.2 Å². The quantitative estimate of drug-likeness (QED) is 0.743. The molecular formula is C11H15N5. The summed E-state index contributed by atoms with van der Waals surface area (Å²) in [7, 11) is 0. The molecule has 0 fully saturated rings. The summed E-state index contributed by atoms with van der Waals surface area (Å²) in [6, 6.07) is 1.92. The second-order valence-electron chi connectivity index (χ2n) is 3.38. The minimum Gasteiger partial charge on any atom is -0.352 e. The lowest BCUT2D eigenvalue weighted by Gasteiger charge is -2.08. The van der Waals surface area contributed by atoms with Crippen LogP contribution in [-0.2, 0) is 13.1 Å². The van der Waals surface area contributed by atoms with Gasteiger partial charge in [0.1, 0.15) is 0 Å². The van der Waals surface area contributed by atoms with Crippen molar-refractivity contribution < 1.29 is 0 Å². The molecule has 2 aromatic heterocycles. The van der Waals surface area contributed by atoms with Crippen LogP contribution < -0.4 is 5.32 Å². The monoisotopic (exact) mass is 217 g/mol. The molecule has 0 bridgehead atoms. The Balaban J connectivity index is 1.93. The molecule has 1 N–H and O–H groups in total. The first-order chi connectivity index (χ1) is 7.90. The molecule has 0 amide bonds. The lowest BCUT2D eigenvalue weighted by atomic mass is 10.6. The largest absolute Gasteiger partial charge is 0.352 e. The van der Waals surface area contributed by atoms with Gasteiger partial charge in [0.2, 0.25) is 5.95 Å². The molecule has 0 saturated carbocycles. The predicted octanol–water partition coefficient (Wildman–Crippen LogP) is 1.38. The van der Waals surface area contributed by atoms with Crippen molar-refractivity contribution in [3.8, 4) is 0 Å². The van der Waals surface area contributed by atoms with Crippen molar-refractivity contribution >= 4 is 5.95 Å². The Morgan fingerprint density at radius 3 is 3.00 bits per heavy atom. The van der Waals surface area contributed by atoms with Gasteiger partial charge in [-0.1, -0.05) is 6.08 Å². The van der Waals surface area contributed by atoms with Crippen LogP contribution >= 0.6 is 0 Å². The fourth-order valence-electron chi connectivity index (χ4n) is 1.46. The molecule has 0 radical (unpaired) electrons. The van der Waals surface area contributed by atoms with Gasteiger partial charge in [-0.15, -0.1) is 6.58 Å². The van der Waals surface area contributed by atoms with Crippen LogP contribution in [0.4, 0.5) is 5.95 Å². The zero-order chi connectivity index (χ0) is 11.2. The van der Waals surface area contributed by atoms with Crippen LogP contribution in [0.1, 0.15) is 0 Å². The highest BCUT2D eigenvalue weighted by molar-refractivity contribution is 5.26. The number of imidazole rings is 1. The number of hydrogen-bond acceptors (Lipinski definition) is 3. The molecule has 0 atom stereocenters. The van der Waals surface area contributed by atoms with Gasteiger partial charge in [0, 0.05) is 37.9 Å². The zero-order valence-electron chi connectivity index (χ0n) is 9.08. The van der Waals surface area contributed by atoms with Crippen molar-refractivity contribution in [3.05, 3.63) is 43.5 Å². The number of aryl methyl sites for hydroxylation is 2. The summed E-state index contributed by atoms with van der Waals surface area (Å²) in [5.74, 6) is 0.868. The molecule has 5 nitrogen and oxygen atoms in total. The van der Waals surface area contributed by atoms with Gasteiger partial charge in [-0.3, -0.25) is 4.68 Å². The topological polar surface area (TPSA) is 47.7 Å². The van der Waals surface area contributed by atoms with E-state index in [1.54, 1.807) is 12.4 Å². The first kappa shape index (κ1) is 10.5. The molecule has 0 saturated heterocycles. The van der Waals surface area contributed by atoms with Crippen LogP contribution in [0.15, 0.2) is 43.5 Å². The molecule has 0 aromatic carbocycles. The number of hydrogen-bond donors (Lipinski definition) is 1. The molecule has 0 spiro atoms. The Morgan fingerprint density at radius 2 is 2.25 bits per heavy atom. The van der Waals surface area contributed by atoms with Gasteiger partial charge in [-0.25, -0.2) is 4.98 Å². The second-order valence-corrected chi connectivity index (χ2v) is 3.38. The fraction of sp³-hybridized carbons (Fsp3) is 0.273. The van der Waals surface area contributed by atoms with E-state index in [9.17, 15) is 0 Å². The minimum absolute atomic E-state index is 0.721. The maximum Gasteiger partial charge on any atom is 0.203 e. The van der Waals surface area contributed by atoms with Crippen LogP contribution in [0.2, 0.25) is 0 Å². The number of nitrogens with zero attached hydrogens (tertiary/aromatic N) is 4. The predicted molar refractivity (Wildman–Crippen MR) is 63.1 cm³/mol. The van der Waals surface area contributed by atoms with Gasteiger partial charge in [0.25, 0.3) is 0 Å². The van der Waals surface area contributed by atoms with Gasteiger partial charge in [-0.2, -0.15) is 5.10 Å². The molecule has 5 heteroatoms. The van der Waals surface area contributed by atoms with Crippen LogP contribution in [0.5, 0.6) is 0 Å². The van der Waals surface area contributed by atoms with Crippen molar-refractivity contribution in [1.29, 1.82) is 0 Å². The highest BCUT2D eigenvalue weighted by Gasteiger charge is 2.00. The molecule has 0 aliphatic rings. The summed E-state index contributed by atoms with van der Waals surface area (Å²) >= 11 is 0. The van der Waals surface area contributed by atoms with Crippen LogP contribution in [0.25, 0.3) is 0 Å². The third-order valence-corrected chi connectivity index (χ3v) is 2.25. The van der Waals surface area contributed by atoms with E-state index in [-0.39, 0.29) is 0 Å². The summed E-state index contributed by atoms with van der Waals surface area (Å²) in [5.41, 5.74) is 0. The van der Waals surface area contributed by atoms with Crippen LogP contribution in [0, 0.1) is 0 Å². The number of rotatable bonds is 6. The average Bonchev–Trinajstić information content (AvgIpc) is 2.94. The molecule has 2 aromatic rings. The van der Waals surface area contributed by atoms with Crippen molar-refractivity contribution in [2.24, 2.45) is 0 Å². The number of nitrogens with one attached hydrogen (secondary N) is 1. The normalized spacial score (nSPS) is 10.2.